The lowest BCUT2D eigenvalue weighted by Gasteiger charge is -1.98. The number of amides is 1. The molecule has 2 N–H and O–H groups in total. The molecule has 1 aromatic heterocycles. The zero-order valence-corrected chi connectivity index (χ0v) is 8.93. The normalized spacial score (nSPS) is 10.1. The van der Waals surface area contributed by atoms with Crippen LogP contribution in [0.1, 0.15) is 17.4 Å². The van der Waals surface area contributed by atoms with Crippen LogP contribution >= 0.6 is 15.9 Å². The first-order valence-electron chi connectivity index (χ1n) is 3.80. The third-order valence-electron chi connectivity index (χ3n) is 1.56. The molecular weight excluding hydrogens is 238 g/mol. The second-order valence-electron chi connectivity index (χ2n) is 2.52. The van der Waals surface area contributed by atoms with Gasteiger partial charge in [0.05, 0.1) is 0 Å². The van der Waals surface area contributed by atoms with Crippen molar-refractivity contribution in [2.24, 2.45) is 7.05 Å². The molecule has 0 aliphatic rings. The number of nitrogens with one attached hydrogen (secondary N) is 2. The Hall–Kier alpha value is -1.04. The van der Waals surface area contributed by atoms with Gasteiger partial charge in [-0.25, -0.2) is 0 Å². The molecule has 0 aliphatic carbocycles. The Balaban J connectivity index is 3.09. The van der Waals surface area contributed by atoms with Crippen molar-refractivity contribution in [3.63, 3.8) is 0 Å². The number of halogens is 1. The van der Waals surface area contributed by atoms with Crippen molar-refractivity contribution in [2.75, 3.05) is 6.54 Å². The maximum atomic E-state index is 11.3. The summed E-state index contributed by atoms with van der Waals surface area (Å²) >= 11 is 3.05. The Bertz CT molecular complexity index is 380. The summed E-state index contributed by atoms with van der Waals surface area (Å²) in [6, 6.07) is 0. The van der Waals surface area contributed by atoms with Crippen LogP contribution < -0.4 is 10.9 Å². The zero-order valence-electron chi connectivity index (χ0n) is 7.35. The first-order chi connectivity index (χ1) is 6.07. The molecule has 0 spiro atoms. The van der Waals surface area contributed by atoms with Crippen LogP contribution in [0.15, 0.2) is 9.27 Å². The summed E-state index contributed by atoms with van der Waals surface area (Å²) in [5.74, 6) is -0.285. The Morgan fingerprint density at radius 2 is 2.31 bits per heavy atom. The number of aromatic nitrogens is 2. The van der Waals surface area contributed by atoms with E-state index < -0.39 is 0 Å². The van der Waals surface area contributed by atoms with E-state index in [9.17, 15) is 9.59 Å². The SMILES string of the molecule is CCNC(=O)c1[nH]n(C)c(=O)c1Br. The predicted octanol–water partition coefficient (Wildman–Crippen LogP) is 0.226. The fourth-order valence-electron chi connectivity index (χ4n) is 0.921. The van der Waals surface area contributed by atoms with Gasteiger partial charge in [0, 0.05) is 13.6 Å². The van der Waals surface area contributed by atoms with E-state index in [2.05, 4.69) is 26.3 Å². The fraction of sp³-hybridized carbons (Fsp3) is 0.429. The van der Waals surface area contributed by atoms with Crippen LogP contribution in [0.25, 0.3) is 0 Å². The van der Waals surface area contributed by atoms with Gasteiger partial charge in [0.1, 0.15) is 10.2 Å². The van der Waals surface area contributed by atoms with Crippen LogP contribution in [0, 0.1) is 0 Å². The number of H-pyrrole nitrogens is 1. The van der Waals surface area contributed by atoms with Gasteiger partial charge >= 0.3 is 0 Å². The summed E-state index contributed by atoms with van der Waals surface area (Å²) in [6.45, 7) is 2.34. The molecule has 0 fully saturated rings. The van der Waals surface area contributed by atoms with Gasteiger partial charge in [-0.05, 0) is 22.9 Å². The van der Waals surface area contributed by atoms with E-state index in [-0.39, 0.29) is 21.6 Å². The molecule has 0 radical (unpaired) electrons. The quantitative estimate of drug-likeness (QED) is 0.786. The van der Waals surface area contributed by atoms with Crippen molar-refractivity contribution in [1.29, 1.82) is 0 Å². The van der Waals surface area contributed by atoms with E-state index in [0.717, 1.165) is 0 Å². The van der Waals surface area contributed by atoms with Crippen molar-refractivity contribution in [2.45, 2.75) is 6.92 Å². The molecule has 0 unspecified atom stereocenters. The molecule has 0 bridgehead atoms. The maximum Gasteiger partial charge on any atom is 0.281 e. The standard InChI is InChI=1S/C7H10BrN3O2/c1-3-9-6(12)5-4(8)7(13)11(2)10-5/h10H,3H2,1-2H3,(H,9,12). The minimum Gasteiger partial charge on any atom is -0.351 e. The number of rotatable bonds is 2. The smallest absolute Gasteiger partial charge is 0.281 e. The van der Waals surface area contributed by atoms with Crippen molar-refractivity contribution in [3.8, 4) is 0 Å². The molecule has 0 aliphatic heterocycles. The highest BCUT2D eigenvalue weighted by Gasteiger charge is 2.15. The van der Waals surface area contributed by atoms with E-state index in [4.69, 9.17) is 0 Å². The van der Waals surface area contributed by atoms with E-state index in [0.29, 0.717) is 6.54 Å². The molecule has 5 nitrogen and oxygen atoms in total. The number of aryl methyl sites for hydroxylation is 1. The van der Waals surface area contributed by atoms with Gasteiger partial charge in [0.15, 0.2) is 0 Å². The van der Waals surface area contributed by atoms with Crippen molar-refractivity contribution in [3.05, 3.63) is 20.5 Å². The summed E-state index contributed by atoms with van der Waals surface area (Å²) in [5, 5.41) is 5.23. The average molecular weight is 248 g/mol. The zero-order chi connectivity index (χ0) is 10.0. The molecule has 6 heteroatoms. The van der Waals surface area contributed by atoms with E-state index in [1.807, 2.05) is 6.92 Å². The first-order valence-corrected chi connectivity index (χ1v) is 4.60. The van der Waals surface area contributed by atoms with Crippen LogP contribution in [-0.2, 0) is 7.05 Å². The number of hydrogen-bond acceptors (Lipinski definition) is 2. The topological polar surface area (TPSA) is 66.9 Å². The maximum absolute atomic E-state index is 11.3. The summed E-state index contributed by atoms with van der Waals surface area (Å²) in [6.07, 6.45) is 0. The summed E-state index contributed by atoms with van der Waals surface area (Å²) in [7, 11) is 1.55. The van der Waals surface area contributed by atoms with Crippen LogP contribution in [0.5, 0.6) is 0 Å². The van der Waals surface area contributed by atoms with Gasteiger partial charge in [-0.2, -0.15) is 0 Å². The lowest BCUT2D eigenvalue weighted by molar-refractivity contribution is 0.0949. The number of nitrogens with zero attached hydrogens (tertiary/aromatic N) is 1. The third-order valence-corrected chi connectivity index (χ3v) is 2.29. The monoisotopic (exact) mass is 247 g/mol. The third kappa shape index (κ3) is 1.82. The van der Waals surface area contributed by atoms with Crippen LogP contribution in [0.4, 0.5) is 0 Å². The lowest BCUT2D eigenvalue weighted by Crippen LogP contribution is -2.23. The molecule has 1 amide bonds. The molecular formula is C7H10BrN3O2. The van der Waals surface area contributed by atoms with Gasteiger partial charge in [-0.1, -0.05) is 0 Å². The minimum atomic E-state index is -0.285. The number of aromatic amines is 1. The Labute approximate surface area is 83.2 Å². The number of hydrogen-bond donors (Lipinski definition) is 2. The van der Waals surface area contributed by atoms with Crippen molar-refractivity contribution in [1.82, 2.24) is 15.1 Å². The molecule has 1 rings (SSSR count). The molecule has 0 aromatic carbocycles. The second-order valence-corrected chi connectivity index (χ2v) is 3.32. The lowest BCUT2D eigenvalue weighted by atomic mass is 10.4. The highest BCUT2D eigenvalue weighted by Crippen LogP contribution is 2.08. The van der Waals surface area contributed by atoms with Crippen molar-refractivity contribution < 1.29 is 4.79 Å². The molecule has 0 atom stereocenters. The highest BCUT2D eigenvalue weighted by molar-refractivity contribution is 9.10. The molecule has 1 aromatic rings. The highest BCUT2D eigenvalue weighted by atomic mass is 79.9. The van der Waals surface area contributed by atoms with E-state index >= 15 is 0 Å². The van der Waals surface area contributed by atoms with Crippen molar-refractivity contribution >= 4 is 21.8 Å². The molecule has 72 valence electrons. The van der Waals surface area contributed by atoms with Gasteiger partial charge in [0.25, 0.3) is 11.5 Å². The van der Waals surface area contributed by atoms with Gasteiger partial charge < -0.3 is 5.32 Å². The van der Waals surface area contributed by atoms with E-state index in [1.165, 1.54) is 4.68 Å². The Kier molecular flexibility index (Phi) is 2.92. The first kappa shape index (κ1) is 10.0. The Morgan fingerprint density at radius 1 is 1.69 bits per heavy atom. The molecule has 1 heterocycles. The summed E-state index contributed by atoms with van der Waals surface area (Å²) in [4.78, 5) is 22.5. The van der Waals surface area contributed by atoms with Gasteiger partial charge in [-0.3, -0.25) is 19.4 Å². The summed E-state index contributed by atoms with van der Waals surface area (Å²) < 4.78 is 1.51. The minimum absolute atomic E-state index is 0.249. The predicted molar refractivity (Wildman–Crippen MR) is 51.7 cm³/mol. The van der Waals surface area contributed by atoms with E-state index in [1.54, 1.807) is 7.05 Å². The second kappa shape index (κ2) is 3.78. The van der Waals surface area contributed by atoms with Crippen LogP contribution in [0.3, 0.4) is 0 Å². The number of carbonyl (C=O) groups excluding carboxylic acids is 1. The Morgan fingerprint density at radius 3 is 2.69 bits per heavy atom. The fourth-order valence-corrected chi connectivity index (χ4v) is 1.46. The summed E-state index contributed by atoms with van der Waals surface area (Å²) in [5.41, 5.74) is 0.00982. The molecule has 0 saturated heterocycles. The number of carbonyl (C=O) groups is 1. The van der Waals surface area contributed by atoms with Crippen LogP contribution in [-0.4, -0.2) is 22.2 Å². The molecule has 0 saturated carbocycles. The molecule has 13 heavy (non-hydrogen) atoms. The average Bonchev–Trinajstić information content (AvgIpc) is 2.33. The van der Waals surface area contributed by atoms with Gasteiger partial charge in [0.2, 0.25) is 0 Å². The van der Waals surface area contributed by atoms with Gasteiger partial charge in [-0.15, -0.1) is 0 Å². The van der Waals surface area contributed by atoms with Crippen LogP contribution in [0.2, 0.25) is 0 Å². The largest absolute Gasteiger partial charge is 0.351 e.